The van der Waals surface area contributed by atoms with Gasteiger partial charge in [0.2, 0.25) is 17.8 Å². The molecule has 18 heavy (non-hydrogen) atoms. The molecule has 1 aliphatic rings. The van der Waals surface area contributed by atoms with E-state index in [4.69, 9.17) is 0 Å². The summed E-state index contributed by atoms with van der Waals surface area (Å²) in [5, 5.41) is 15.3. The lowest BCUT2D eigenvalue weighted by Crippen LogP contribution is -2.33. The zero-order chi connectivity index (χ0) is 13.1. The van der Waals surface area contributed by atoms with Crippen LogP contribution in [0.15, 0.2) is 0 Å². The van der Waals surface area contributed by atoms with E-state index < -0.39 is 0 Å². The number of nitrogens with one attached hydrogen (secondary N) is 2. The number of anilines is 3. The van der Waals surface area contributed by atoms with Crippen LogP contribution in [-0.4, -0.2) is 53.9 Å². The van der Waals surface area contributed by atoms with Crippen molar-refractivity contribution in [2.45, 2.75) is 18.9 Å². The summed E-state index contributed by atoms with van der Waals surface area (Å²) in [7, 11) is 5.56. The summed E-state index contributed by atoms with van der Waals surface area (Å²) in [5.74, 6) is 2.24. The van der Waals surface area contributed by atoms with Crippen molar-refractivity contribution >= 4 is 17.8 Å². The van der Waals surface area contributed by atoms with Gasteiger partial charge in [0.05, 0.1) is 6.10 Å². The minimum atomic E-state index is -0.125. The number of aliphatic hydroxyl groups is 1. The van der Waals surface area contributed by atoms with Crippen molar-refractivity contribution in [1.29, 1.82) is 0 Å². The predicted molar refractivity (Wildman–Crippen MR) is 70.9 cm³/mol. The van der Waals surface area contributed by atoms with Gasteiger partial charge in [0, 0.05) is 27.7 Å². The van der Waals surface area contributed by atoms with Crippen LogP contribution in [0.3, 0.4) is 0 Å². The van der Waals surface area contributed by atoms with Gasteiger partial charge in [0.1, 0.15) is 0 Å². The van der Waals surface area contributed by atoms with Crippen LogP contribution in [0.1, 0.15) is 12.8 Å². The van der Waals surface area contributed by atoms with Crippen LogP contribution >= 0.6 is 0 Å². The quantitative estimate of drug-likeness (QED) is 0.688. The number of aromatic nitrogens is 3. The number of hydrogen-bond donors (Lipinski definition) is 3. The summed E-state index contributed by atoms with van der Waals surface area (Å²) in [5.41, 5.74) is 0. The van der Waals surface area contributed by atoms with Gasteiger partial charge in [0.15, 0.2) is 0 Å². The Bertz CT molecular complexity index is 405. The van der Waals surface area contributed by atoms with Crippen molar-refractivity contribution in [2.75, 3.05) is 43.2 Å². The Balaban J connectivity index is 2.00. The molecule has 1 saturated carbocycles. The molecule has 0 unspecified atom stereocenters. The van der Waals surface area contributed by atoms with Gasteiger partial charge in [0.25, 0.3) is 0 Å². The maximum atomic E-state index is 9.23. The van der Waals surface area contributed by atoms with Gasteiger partial charge in [-0.1, -0.05) is 0 Å². The van der Waals surface area contributed by atoms with Crippen LogP contribution < -0.4 is 15.5 Å². The van der Waals surface area contributed by atoms with Crippen LogP contribution in [0.2, 0.25) is 0 Å². The van der Waals surface area contributed by atoms with Crippen molar-refractivity contribution in [1.82, 2.24) is 15.0 Å². The van der Waals surface area contributed by atoms with Crippen LogP contribution in [0.4, 0.5) is 17.8 Å². The molecule has 0 amide bonds. The monoisotopic (exact) mass is 252 g/mol. The van der Waals surface area contributed by atoms with Gasteiger partial charge in [-0.25, -0.2) is 0 Å². The molecule has 2 rings (SSSR count). The van der Waals surface area contributed by atoms with Gasteiger partial charge < -0.3 is 20.6 Å². The normalized spacial score (nSPS) is 22.2. The third kappa shape index (κ3) is 2.98. The Labute approximate surface area is 107 Å². The molecule has 0 atom stereocenters. The van der Waals surface area contributed by atoms with E-state index in [-0.39, 0.29) is 6.10 Å². The molecule has 100 valence electrons. The molecule has 1 aromatic rings. The van der Waals surface area contributed by atoms with Gasteiger partial charge in [-0.05, 0) is 18.8 Å². The summed E-state index contributed by atoms with van der Waals surface area (Å²) in [6.45, 7) is 0.789. The number of hydrogen-bond acceptors (Lipinski definition) is 7. The van der Waals surface area contributed by atoms with Crippen LogP contribution in [0.5, 0.6) is 0 Å². The van der Waals surface area contributed by atoms with Crippen LogP contribution in [0.25, 0.3) is 0 Å². The number of aliphatic hydroxyl groups excluding tert-OH is 1. The predicted octanol–water partition coefficient (Wildman–Crippen LogP) is 0.162. The van der Waals surface area contributed by atoms with Crippen LogP contribution in [-0.2, 0) is 0 Å². The third-order valence-electron chi connectivity index (χ3n) is 3.01. The average molecular weight is 252 g/mol. The SMILES string of the molecule is CNc1nc(NCC2CC(O)C2)nc(N(C)C)n1. The Morgan fingerprint density at radius 1 is 1.22 bits per heavy atom. The molecule has 7 nitrogen and oxygen atoms in total. The van der Waals surface area contributed by atoms with Gasteiger partial charge >= 0.3 is 0 Å². The molecule has 0 spiro atoms. The minimum Gasteiger partial charge on any atom is -0.393 e. The highest BCUT2D eigenvalue weighted by Crippen LogP contribution is 2.27. The molecule has 1 fully saturated rings. The van der Waals surface area contributed by atoms with E-state index in [0.29, 0.717) is 23.8 Å². The zero-order valence-electron chi connectivity index (χ0n) is 11.0. The molecule has 0 bridgehead atoms. The van der Waals surface area contributed by atoms with E-state index in [0.717, 1.165) is 19.4 Å². The molecule has 1 aromatic heterocycles. The second-order valence-electron chi connectivity index (χ2n) is 4.80. The van der Waals surface area contributed by atoms with Gasteiger partial charge in [-0.15, -0.1) is 0 Å². The molecule has 1 aliphatic carbocycles. The Hall–Kier alpha value is -1.63. The summed E-state index contributed by atoms with van der Waals surface area (Å²) >= 11 is 0. The fourth-order valence-electron chi connectivity index (χ4n) is 1.86. The molecular formula is C11H20N6O. The molecule has 1 heterocycles. The zero-order valence-corrected chi connectivity index (χ0v) is 11.0. The van der Waals surface area contributed by atoms with Crippen molar-refractivity contribution in [3.8, 4) is 0 Å². The highest BCUT2D eigenvalue weighted by Gasteiger charge is 2.26. The second-order valence-corrected chi connectivity index (χ2v) is 4.80. The lowest BCUT2D eigenvalue weighted by molar-refractivity contribution is 0.0486. The Kier molecular flexibility index (Phi) is 3.81. The van der Waals surface area contributed by atoms with Gasteiger partial charge in [-0.2, -0.15) is 15.0 Å². The average Bonchev–Trinajstić information content (AvgIpc) is 2.32. The first-order valence-corrected chi connectivity index (χ1v) is 6.11. The largest absolute Gasteiger partial charge is 0.393 e. The minimum absolute atomic E-state index is 0.125. The lowest BCUT2D eigenvalue weighted by atomic mass is 9.82. The summed E-state index contributed by atoms with van der Waals surface area (Å²) < 4.78 is 0. The van der Waals surface area contributed by atoms with Crippen molar-refractivity contribution in [3.63, 3.8) is 0 Å². The molecule has 0 saturated heterocycles. The fraction of sp³-hybridized carbons (Fsp3) is 0.727. The topological polar surface area (TPSA) is 86.2 Å². The van der Waals surface area contributed by atoms with Crippen molar-refractivity contribution in [2.24, 2.45) is 5.92 Å². The first-order chi connectivity index (χ1) is 8.58. The third-order valence-corrected chi connectivity index (χ3v) is 3.01. The highest BCUT2D eigenvalue weighted by molar-refractivity contribution is 5.42. The maximum Gasteiger partial charge on any atom is 0.231 e. The molecule has 0 aliphatic heterocycles. The van der Waals surface area contributed by atoms with E-state index in [1.54, 1.807) is 7.05 Å². The maximum absolute atomic E-state index is 9.23. The summed E-state index contributed by atoms with van der Waals surface area (Å²) in [6, 6.07) is 0. The fourth-order valence-corrected chi connectivity index (χ4v) is 1.86. The Morgan fingerprint density at radius 3 is 2.44 bits per heavy atom. The molecule has 7 heteroatoms. The summed E-state index contributed by atoms with van der Waals surface area (Å²) in [6.07, 6.45) is 1.59. The molecule has 0 aromatic carbocycles. The molecule has 3 N–H and O–H groups in total. The van der Waals surface area contributed by atoms with Crippen molar-refractivity contribution in [3.05, 3.63) is 0 Å². The first-order valence-electron chi connectivity index (χ1n) is 6.11. The van der Waals surface area contributed by atoms with E-state index in [1.165, 1.54) is 0 Å². The van der Waals surface area contributed by atoms with Crippen molar-refractivity contribution < 1.29 is 5.11 Å². The van der Waals surface area contributed by atoms with E-state index >= 15 is 0 Å². The van der Waals surface area contributed by atoms with E-state index in [9.17, 15) is 5.11 Å². The van der Waals surface area contributed by atoms with Gasteiger partial charge in [-0.3, -0.25) is 0 Å². The van der Waals surface area contributed by atoms with E-state index in [1.807, 2.05) is 19.0 Å². The highest BCUT2D eigenvalue weighted by atomic mass is 16.3. The Morgan fingerprint density at radius 2 is 1.89 bits per heavy atom. The lowest BCUT2D eigenvalue weighted by Gasteiger charge is -2.31. The molecule has 0 radical (unpaired) electrons. The standard InChI is InChI=1S/C11H20N6O/c1-12-9-14-10(16-11(15-9)17(2)3)13-6-7-4-8(18)5-7/h7-8,18H,4-6H2,1-3H3,(H2,12,13,14,15,16). The summed E-state index contributed by atoms with van der Waals surface area (Å²) in [4.78, 5) is 14.6. The first kappa shape index (κ1) is 12.8. The smallest absolute Gasteiger partial charge is 0.231 e. The second kappa shape index (κ2) is 5.34. The molecular weight excluding hydrogens is 232 g/mol. The van der Waals surface area contributed by atoms with Crippen LogP contribution in [0, 0.1) is 5.92 Å². The number of nitrogens with zero attached hydrogens (tertiary/aromatic N) is 4. The van der Waals surface area contributed by atoms with E-state index in [2.05, 4.69) is 25.6 Å². The number of rotatable bonds is 5.